The molecule has 9 heteroatoms. The van der Waals surface area contributed by atoms with E-state index in [0.717, 1.165) is 22.6 Å². The van der Waals surface area contributed by atoms with Crippen molar-refractivity contribution in [1.29, 1.82) is 0 Å². The highest BCUT2D eigenvalue weighted by atomic mass is 32.2. The number of rotatable bonds is 5. The van der Waals surface area contributed by atoms with E-state index in [9.17, 15) is 13.2 Å². The third-order valence-electron chi connectivity index (χ3n) is 4.77. The molecule has 7 nitrogen and oxygen atoms in total. The fourth-order valence-corrected chi connectivity index (χ4v) is 5.60. The number of nitrogens with zero attached hydrogens (tertiary/aromatic N) is 3. The number of amides is 1. The lowest BCUT2D eigenvalue weighted by atomic mass is 9.97. The molecule has 27 heavy (non-hydrogen) atoms. The molecule has 2 aromatic rings. The molecule has 0 atom stereocenters. The molecule has 1 aliphatic rings. The van der Waals surface area contributed by atoms with Crippen molar-refractivity contribution >= 4 is 32.4 Å². The Balaban J connectivity index is 1.63. The fourth-order valence-electron chi connectivity index (χ4n) is 3.24. The molecule has 3 rings (SSSR count). The smallest absolute Gasteiger partial charge is 0.243 e. The Morgan fingerprint density at radius 1 is 1.26 bits per heavy atom. The number of anilines is 1. The first kappa shape index (κ1) is 19.9. The summed E-state index contributed by atoms with van der Waals surface area (Å²) in [7, 11) is -3.54. The van der Waals surface area contributed by atoms with E-state index in [1.54, 1.807) is 6.07 Å². The van der Waals surface area contributed by atoms with Gasteiger partial charge in [-0.05, 0) is 44.7 Å². The van der Waals surface area contributed by atoms with Gasteiger partial charge in [0.05, 0.1) is 4.90 Å². The zero-order valence-electron chi connectivity index (χ0n) is 15.7. The summed E-state index contributed by atoms with van der Waals surface area (Å²) in [4.78, 5) is 12.8. The van der Waals surface area contributed by atoms with Gasteiger partial charge in [0.1, 0.15) is 5.01 Å². The maximum Gasteiger partial charge on any atom is 0.243 e. The summed E-state index contributed by atoms with van der Waals surface area (Å²) < 4.78 is 27.3. The van der Waals surface area contributed by atoms with Gasteiger partial charge in [-0.3, -0.25) is 4.79 Å². The van der Waals surface area contributed by atoms with Crippen LogP contribution in [0.25, 0.3) is 0 Å². The third-order valence-corrected chi connectivity index (χ3v) is 7.81. The topological polar surface area (TPSA) is 92.3 Å². The SMILES string of the molecule is CCc1nnc(NC(=O)C2CCN(S(=O)(=O)c3ccc(C)cc3C)CC2)s1. The van der Waals surface area contributed by atoms with Crippen molar-refractivity contribution in [3.8, 4) is 0 Å². The number of aryl methyl sites for hydroxylation is 3. The molecule has 0 aliphatic carbocycles. The Kier molecular flexibility index (Phi) is 5.92. The van der Waals surface area contributed by atoms with Crippen LogP contribution in [0, 0.1) is 19.8 Å². The third kappa shape index (κ3) is 4.36. The Labute approximate surface area is 163 Å². The van der Waals surface area contributed by atoms with Crippen molar-refractivity contribution in [3.05, 3.63) is 34.3 Å². The van der Waals surface area contributed by atoms with Crippen LogP contribution in [0.5, 0.6) is 0 Å². The van der Waals surface area contributed by atoms with Gasteiger partial charge in [0.25, 0.3) is 0 Å². The van der Waals surface area contributed by atoms with Crippen molar-refractivity contribution in [2.24, 2.45) is 5.92 Å². The first-order valence-corrected chi connectivity index (χ1v) is 11.3. The minimum Gasteiger partial charge on any atom is -0.300 e. The highest BCUT2D eigenvalue weighted by Crippen LogP contribution is 2.27. The van der Waals surface area contributed by atoms with Crippen LogP contribution in [0.2, 0.25) is 0 Å². The first-order valence-electron chi connectivity index (χ1n) is 9.02. The largest absolute Gasteiger partial charge is 0.300 e. The van der Waals surface area contributed by atoms with Gasteiger partial charge in [0.2, 0.25) is 21.1 Å². The second kappa shape index (κ2) is 8.04. The van der Waals surface area contributed by atoms with Crippen molar-refractivity contribution < 1.29 is 13.2 Å². The summed E-state index contributed by atoms with van der Waals surface area (Å²) in [6.07, 6.45) is 1.77. The first-order chi connectivity index (χ1) is 12.8. The van der Waals surface area contributed by atoms with Gasteiger partial charge in [0, 0.05) is 19.0 Å². The summed E-state index contributed by atoms with van der Waals surface area (Å²) >= 11 is 1.37. The van der Waals surface area contributed by atoms with Gasteiger partial charge in [-0.25, -0.2) is 8.42 Å². The van der Waals surface area contributed by atoms with E-state index in [4.69, 9.17) is 0 Å². The number of carbonyl (C=O) groups is 1. The number of hydrogen-bond donors (Lipinski definition) is 1. The van der Waals surface area contributed by atoms with Crippen LogP contribution in [0.4, 0.5) is 5.13 Å². The van der Waals surface area contributed by atoms with E-state index in [0.29, 0.717) is 36.0 Å². The molecule has 0 radical (unpaired) electrons. The fraction of sp³-hybridized carbons (Fsp3) is 0.500. The Hall–Kier alpha value is -1.84. The number of nitrogens with one attached hydrogen (secondary N) is 1. The lowest BCUT2D eigenvalue weighted by Crippen LogP contribution is -2.41. The maximum absolute atomic E-state index is 12.9. The van der Waals surface area contributed by atoms with Crippen LogP contribution in [-0.2, 0) is 21.2 Å². The summed E-state index contributed by atoms with van der Waals surface area (Å²) in [5, 5.41) is 12.1. The Bertz CT molecular complexity index is 932. The average molecular weight is 409 g/mol. The minimum absolute atomic E-state index is 0.114. The molecule has 1 amide bonds. The maximum atomic E-state index is 12.9. The summed E-state index contributed by atoms with van der Waals surface area (Å²) in [5.41, 5.74) is 1.78. The molecule has 1 aliphatic heterocycles. The normalized spacial score (nSPS) is 16.4. The number of carbonyl (C=O) groups excluding carboxylic acids is 1. The Morgan fingerprint density at radius 3 is 2.56 bits per heavy atom. The highest BCUT2D eigenvalue weighted by Gasteiger charge is 2.33. The molecule has 146 valence electrons. The van der Waals surface area contributed by atoms with Crippen molar-refractivity contribution in [1.82, 2.24) is 14.5 Å². The zero-order valence-corrected chi connectivity index (χ0v) is 17.4. The standard InChI is InChI=1S/C18H24N4O3S2/c1-4-16-20-21-18(26-16)19-17(23)14-7-9-22(10-8-14)27(24,25)15-6-5-12(2)11-13(15)3/h5-6,11,14H,4,7-10H2,1-3H3,(H,19,21,23). The summed E-state index contributed by atoms with van der Waals surface area (Å²) in [6.45, 7) is 6.41. The van der Waals surface area contributed by atoms with Gasteiger partial charge >= 0.3 is 0 Å². The molecule has 1 saturated heterocycles. The molecule has 1 N–H and O–H groups in total. The zero-order chi connectivity index (χ0) is 19.6. The average Bonchev–Trinajstić information content (AvgIpc) is 3.09. The van der Waals surface area contributed by atoms with E-state index in [1.165, 1.54) is 15.6 Å². The van der Waals surface area contributed by atoms with Gasteiger partial charge in [-0.15, -0.1) is 10.2 Å². The van der Waals surface area contributed by atoms with Gasteiger partial charge in [0.15, 0.2) is 0 Å². The molecular weight excluding hydrogens is 384 g/mol. The van der Waals surface area contributed by atoms with E-state index in [-0.39, 0.29) is 11.8 Å². The monoisotopic (exact) mass is 408 g/mol. The van der Waals surface area contributed by atoms with E-state index in [1.807, 2.05) is 32.9 Å². The van der Waals surface area contributed by atoms with Crippen molar-refractivity contribution in [2.45, 2.75) is 44.9 Å². The van der Waals surface area contributed by atoms with Crippen LogP contribution in [-0.4, -0.2) is 41.9 Å². The molecule has 1 aromatic carbocycles. The quantitative estimate of drug-likeness (QED) is 0.821. The van der Waals surface area contributed by atoms with E-state index < -0.39 is 10.0 Å². The van der Waals surface area contributed by atoms with Gasteiger partial charge in [-0.1, -0.05) is 36.0 Å². The number of benzene rings is 1. The molecule has 1 fully saturated rings. The predicted molar refractivity (Wildman–Crippen MR) is 105 cm³/mol. The number of sulfonamides is 1. The molecule has 0 saturated carbocycles. The van der Waals surface area contributed by atoms with Crippen molar-refractivity contribution in [2.75, 3.05) is 18.4 Å². The lowest BCUT2D eigenvalue weighted by molar-refractivity contribution is -0.120. The second-order valence-corrected chi connectivity index (χ2v) is 9.76. The van der Waals surface area contributed by atoms with Crippen LogP contribution in [0.1, 0.15) is 35.9 Å². The summed E-state index contributed by atoms with van der Waals surface area (Å²) in [6, 6.07) is 5.35. The predicted octanol–water partition coefficient (Wildman–Crippen LogP) is 2.76. The van der Waals surface area contributed by atoms with Crippen LogP contribution < -0.4 is 5.32 Å². The molecule has 0 spiro atoms. The lowest BCUT2D eigenvalue weighted by Gasteiger charge is -2.30. The number of hydrogen-bond acceptors (Lipinski definition) is 6. The van der Waals surface area contributed by atoms with E-state index in [2.05, 4.69) is 15.5 Å². The van der Waals surface area contributed by atoms with E-state index >= 15 is 0 Å². The number of aromatic nitrogens is 2. The number of piperidine rings is 1. The van der Waals surface area contributed by atoms with Crippen LogP contribution in [0.3, 0.4) is 0 Å². The highest BCUT2D eigenvalue weighted by molar-refractivity contribution is 7.89. The minimum atomic E-state index is -3.54. The molecule has 0 unspecified atom stereocenters. The molecule has 2 heterocycles. The van der Waals surface area contributed by atoms with Crippen LogP contribution >= 0.6 is 11.3 Å². The summed E-state index contributed by atoms with van der Waals surface area (Å²) in [5.74, 6) is -0.332. The van der Waals surface area contributed by atoms with Gasteiger partial charge < -0.3 is 5.32 Å². The molecule has 0 bridgehead atoms. The molecular formula is C18H24N4O3S2. The molecule has 1 aromatic heterocycles. The van der Waals surface area contributed by atoms with Gasteiger partial charge in [-0.2, -0.15) is 4.31 Å². The van der Waals surface area contributed by atoms with Crippen LogP contribution in [0.15, 0.2) is 23.1 Å². The second-order valence-electron chi connectivity index (χ2n) is 6.79. The van der Waals surface area contributed by atoms with Crippen molar-refractivity contribution in [3.63, 3.8) is 0 Å². The Morgan fingerprint density at radius 2 is 1.96 bits per heavy atom.